The van der Waals surface area contributed by atoms with E-state index in [0.29, 0.717) is 5.39 Å². The first-order chi connectivity index (χ1) is 7.58. The van der Waals surface area contributed by atoms with Gasteiger partial charge in [-0.05, 0) is 31.3 Å². The van der Waals surface area contributed by atoms with Crippen molar-refractivity contribution >= 4 is 34.1 Å². The van der Waals surface area contributed by atoms with Crippen molar-refractivity contribution in [3.8, 4) is 5.75 Å². The van der Waals surface area contributed by atoms with Gasteiger partial charge in [0.2, 0.25) is 5.11 Å². The largest absolute Gasteiger partial charge is 0.504 e. The number of H-pyrrole nitrogens is 1. The monoisotopic (exact) mass is 234 g/mol. The molecule has 0 bridgehead atoms. The number of fused-ring (bicyclic) bond motifs is 1. The molecule has 16 heavy (non-hydrogen) atoms. The molecule has 0 amide bonds. The van der Waals surface area contributed by atoms with Crippen molar-refractivity contribution in [1.82, 2.24) is 4.98 Å². The maximum absolute atomic E-state index is 9.86. The van der Waals surface area contributed by atoms with Gasteiger partial charge in [0.15, 0.2) is 11.6 Å². The molecule has 0 atom stereocenters. The van der Waals surface area contributed by atoms with Crippen molar-refractivity contribution in [2.75, 3.05) is 0 Å². The van der Waals surface area contributed by atoms with E-state index in [1.807, 2.05) is 25.1 Å². The number of hydrogen-bond donors (Lipinski definition) is 3. The second-order valence-electron chi connectivity index (χ2n) is 3.41. The zero-order valence-corrected chi connectivity index (χ0v) is 9.38. The number of rotatable bonds is 1. The highest BCUT2D eigenvalue weighted by Gasteiger charge is 2.09. The Bertz CT molecular complexity index is 588. The van der Waals surface area contributed by atoms with Crippen LogP contribution in [-0.4, -0.2) is 15.2 Å². The molecule has 0 aliphatic carbocycles. The number of nitrogens with one attached hydrogen (secondary N) is 1. The molecule has 4 N–H and O–H groups in total. The van der Waals surface area contributed by atoms with Gasteiger partial charge in [-0.1, -0.05) is 11.6 Å². The molecule has 0 saturated heterocycles. The average Bonchev–Trinajstić information content (AvgIpc) is 2.53. The molecule has 0 spiro atoms. The smallest absolute Gasteiger partial charge is 0.211 e. The number of hydrogen-bond acceptors (Lipinski definition) is 3. The van der Waals surface area contributed by atoms with Crippen LogP contribution < -0.4 is 5.73 Å². The van der Waals surface area contributed by atoms with Gasteiger partial charge in [0.05, 0.1) is 5.52 Å². The Morgan fingerprint density at radius 2 is 2.25 bits per heavy atom. The van der Waals surface area contributed by atoms with Gasteiger partial charge in [0.25, 0.3) is 0 Å². The van der Waals surface area contributed by atoms with Crippen LogP contribution in [0.25, 0.3) is 10.9 Å². The quantitative estimate of drug-likeness (QED) is 0.523. The fourth-order valence-corrected chi connectivity index (χ4v) is 1.49. The van der Waals surface area contributed by atoms with Gasteiger partial charge in [-0.2, -0.15) is 0 Å². The summed E-state index contributed by atoms with van der Waals surface area (Å²) in [7, 11) is 0. The van der Waals surface area contributed by atoms with Crippen molar-refractivity contribution in [2.45, 2.75) is 6.92 Å². The molecule has 0 aliphatic heterocycles. The molecule has 0 radical (unpaired) electrons. The van der Waals surface area contributed by atoms with Crippen LogP contribution in [0.1, 0.15) is 5.56 Å². The van der Waals surface area contributed by atoms with E-state index in [2.05, 4.69) is 27.4 Å². The minimum Gasteiger partial charge on any atom is -0.504 e. The highest BCUT2D eigenvalue weighted by molar-refractivity contribution is 7.80. The van der Waals surface area contributed by atoms with E-state index in [-0.39, 0.29) is 16.7 Å². The number of aromatic amines is 1. The predicted octanol–water partition coefficient (Wildman–Crippen LogP) is 2.51. The van der Waals surface area contributed by atoms with Gasteiger partial charge in [-0.3, -0.25) is 0 Å². The van der Waals surface area contributed by atoms with Gasteiger partial charge < -0.3 is 15.8 Å². The summed E-state index contributed by atoms with van der Waals surface area (Å²) in [6, 6.07) is 5.66. The molecular weight excluding hydrogens is 224 g/mol. The first-order valence-corrected chi connectivity index (χ1v) is 5.01. The third kappa shape index (κ3) is 1.87. The van der Waals surface area contributed by atoms with Crippen molar-refractivity contribution in [2.24, 2.45) is 16.0 Å². The highest BCUT2D eigenvalue weighted by atomic mass is 32.1. The Kier molecular flexibility index (Phi) is 2.57. The second kappa shape index (κ2) is 3.90. The molecule has 0 aliphatic rings. The molecule has 0 fully saturated rings. The first-order valence-electron chi connectivity index (χ1n) is 4.60. The van der Waals surface area contributed by atoms with Gasteiger partial charge in [-0.15, -0.1) is 10.2 Å². The van der Waals surface area contributed by atoms with Crippen LogP contribution in [0.15, 0.2) is 28.4 Å². The standard InChI is InChI=1S/C10H10N4OS/c1-5-2-3-7-6(4-5)8(15)9(12-7)13-14-10(11)16/h2-4,12,15H,1H3,(H2,11,16)/b14-13+. The van der Waals surface area contributed by atoms with Crippen LogP contribution in [0.3, 0.4) is 0 Å². The summed E-state index contributed by atoms with van der Waals surface area (Å²) in [5, 5.41) is 17.7. The van der Waals surface area contributed by atoms with Gasteiger partial charge in [0.1, 0.15) is 0 Å². The number of aromatic nitrogens is 1. The maximum atomic E-state index is 9.86. The van der Waals surface area contributed by atoms with E-state index in [0.717, 1.165) is 11.1 Å². The lowest BCUT2D eigenvalue weighted by Gasteiger charge is -1.92. The third-order valence-electron chi connectivity index (χ3n) is 2.16. The van der Waals surface area contributed by atoms with E-state index in [4.69, 9.17) is 5.73 Å². The van der Waals surface area contributed by atoms with Crippen molar-refractivity contribution in [3.63, 3.8) is 0 Å². The van der Waals surface area contributed by atoms with Crippen LogP contribution >= 0.6 is 12.2 Å². The second-order valence-corrected chi connectivity index (χ2v) is 3.83. The first kappa shape index (κ1) is 10.6. The normalized spacial score (nSPS) is 11.3. The van der Waals surface area contributed by atoms with E-state index >= 15 is 0 Å². The number of benzene rings is 1. The molecule has 82 valence electrons. The van der Waals surface area contributed by atoms with E-state index in [1.54, 1.807) is 0 Å². The lowest BCUT2D eigenvalue weighted by Crippen LogP contribution is -2.01. The zero-order chi connectivity index (χ0) is 11.7. The molecule has 1 heterocycles. The predicted molar refractivity (Wildman–Crippen MR) is 66.0 cm³/mol. The molecule has 0 saturated carbocycles. The molecule has 2 rings (SSSR count). The summed E-state index contributed by atoms with van der Waals surface area (Å²) in [5.74, 6) is 0.312. The molecule has 1 aromatic carbocycles. The Hall–Kier alpha value is -1.95. The third-order valence-corrected chi connectivity index (χ3v) is 2.24. The van der Waals surface area contributed by atoms with Crippen molar-refractivity contribution < 1.29 is 5.11 Å². The zero-order valence-electron chi connectivity index (χ0n) is 8.56. The van der Waals surface area contributed by atoms with Crippen LogP contribution in [0, 0.1) is 6.92 Å². The van der Waals surface area contributed by atoms with Crippen molar-refractivity contribution in [1.29, 1.82) is 0 Å². The van der Waals surface area contributed by atoms with Gasteiger partial charge >= 0.3 is 0 Å². The maximum Gasteiger partial charge on any atom is 0.211 e. The molecule has 0 unspecified atom stereocenters. The highest BCUT2D eigenvalue weighted by Crippen LogP contribution is 2.35. The number of nitrogens with zero attached hydrogens (tertiary/aromatic N) is 2. The Labute approximate surface area is 97.0 Å². The number of aromatic hydroxyl groups is 1. The molecule has 5 nitrogen and oxygen atoms in total. The summed E-state index contributed by atoms with van der Waals surface area (Å²) >= 11 is 4.56. The molecule has 2 aromatic rings. The Balaban J connectivity index is 2.56. The summed E-state index contributed by atoms with van der Waals surface area (Å²) in [6.07, 6.45) is 0. The fourth-order valence-electron chi connectivity index (χ4n) is 1.45. The molecule has 6 heteroatoms. The van der Waals surface area contributed by atoms with Gasteiger partial charge in [-0.25, -0.2) is 0 Å². The minimum atomic E-state index is -0.0748. The average molecular weight is 234 g/mol. The number of aryl methyl sites for hydroxylation is 1. The summed E-state index contributed by atoms with van der Waals surface area (Å²) in [6.45, 7) is 1.95. The van der Waals surface area contributed by atoms with E-state index in [1.165, 1.54) is 0 Å². The fraction of sp³-hybridized carbons (Fsp3) is 0.100. The molecular formula is C10H10N4OS. The number of thiocarbonyl (C=S) groups is 1. The summed E-state index contributed by atoms with van der Waals surface area (Å²) < 4.78 is 0. The van der Waals surface area contributed by atoms with E-state index in [9.17, 15) is 5.11 Å². The Morgan fingerprint density at radius 3 is 2.94 bits per heavy atom. The molecule has 1 aromatic heterocycles. The van der Waals surface area contributed by atoms with E-state index < -0.39 is 0 Å². The van der Waals surface area contributed by atoms with Crippen LogP contribution in [-0.2, 0) is 0 Å². The summed E-state index contributed by atoms with van der Waals surface area (Å²) in [5.41, 5.74) is 7.03. The minimum absolute atomic E-state index is 0.0544. The number of nitrogens with two attached hydrogens (primary N) is 1. The van der Waals surface area contributed by atoms with Crippen LogP contribution in [0.2, 0.25) is 0 Å². The van der Waals surface area contributed by atoms with Crippen molar-refractivity contribution in [3.05, 3.63) is 23.8 Å². The lowest BCUT2D eigenvalue weighted by atomic mass is 10.2. The Morgan fingerprint density at radius 1 is 1.50 bits per heavy atom. The topological polar surface area (TPSA) is 86.8 Å². The van der Waals surface area contributed by atoms with Gasteiger partial charge in [0, 0.05) is 5.39 Å². The van der Waals surface area contributed by atoms with Crippen LogP contribution in [0.5, 0.6) is 5.75 Å². The van der Waals surface area contributed by atoms with Crippen LogP contribution in [0.4, 0.5) is 5.82 Å². The SMILES string of the molecule is Cc1ccc2[nH]c(/N=N/C(N)=S)c(O)c2c1. The number of azo groups is 1. The summed E-state index contributed by atoms with van der Waals surface area (Å²) in [4.78, 5) is 2.92. The lowest BCUT2D eigenvalue weighted by molar-refractivity contribution is 0.482.